The zero-order valence-corrected chi connectivity index (χ0v) is 9.39. The van der Waals surface area contributed by atoms with E-state index in [0.29, 0.717) is 0 Å². The van der Waals surface area contributed by atoms with Crippen LogP contribution in [0.2, 0.25) is 0 Å². The zero-order valence-electron chi connectivity index (χ0n) is 9.39. The lowest BCUT2D eigenvalue weighted by atomic mass is 10.2. The van der Waals surface area contributed by atoms with Gasteiger partial charge in [-0.05, 0) is 31.2 Å². The van der Waals surface area contributed by atoms with Crippen molar-refractivity contribution in [3.8, 4) is 0 Å². The van der Waals surface area contributed by atoms with Gasteiger partial charge >= 0.3 is 0 Å². The van der Waals surface area contributed by atoms with Gasteiger partial charge in [-0.15, -0.1) is 0 Å². The summed E-state index contributed by atoms with van der Waals surface area (Å²) >= 11 is 0. The lowest BCUT2D eigenvalue weighted by Crippen LogP contribution is -1.99. The Morgan fingerprint density at radius 1 is 1.38 bits per heavy atom. The number of nitrogens with two attached hydrogens (primary N) is 1. The molecule has 0 spiro atoms. The molecule has 1 heteroatoms. The van der Waals surface area contributed by atoms with Crippen molar-refractivity contribution in [2.75, 3.05) is 6.54 Å². The van der Waals surface area contributed by atoms with Gasteiger partial charge < -0.3 is 5.73 Å². The number of hydrogen-bond donors (Lipinski definition) is 1. The van der Waals surface area contributed by atoms with Gasteiger partial charge in [0.05, 0.1) is 0 Å². The van der Waals surface area contributed by atoms with Crippen LogP contribution in [0.25, 0.3) is 0 Å². The molecule has 13 heavy (non-hydrogen) atoms. The zero-order chi connectivity index (χ0) is 10.1. The second-order valence-corrected chi connectivity index (χ2v) is 4.11. The van der Waals surface area contributed by atoms with Gasteiger partial charge in [0.15, 0.2) is 0 Å². The first-order valence-corrected chi connectivity index (χ1v) is 5.75. The van der Waals surface area contributed by atoms with E-state index in [1.807, 2.05) is 0 Å². The van der Waals surface area contributed by atoms with E-state index in [4.69, 9.17) is 5.73 Å². The Kier molecular flexibility index (Phi) is 8.53. The maximum absolute atomic E-state index is 5.33. The summed E-state index contributed by atoms with van der Waals surface area (Å²) in [5, 5.41) is 0. The quantitative estimate of drug-likeness (QED) is 0.651. The van der Waals surface area contributed by atoms with Crippen LogP contribution in [0.5, 0.6) is 0 Å². The molecule has 0 aromatic rings. The highest BCUT2D eigenvalue weighted by Crippen LogP contribution is 2.39. The molecule has 1 fully saturated rings. The highest BCUT2D eigenvalue weighted by molar-refractivity contribution is 4.81. The van der Waals surface area contributed by atoms with Crippen molar-refractivity contribution in [3.05, 3.63) is 6.92 Å². The average Bonchev–Trinajstić information content (AvgIpc) is 2.80. The van der Waals surface area contributed by atoms with Crippen molar-refractivity contribution in [2.24, 2.45) is 17.6 Å². The molecular formula is C12H26N. The van der Waals surface area contributed by atoms with Gasteiger partial charge in [0, 0.05) is 0 Å². The lowest BCUT2D eigenvalue weighted by molar-refractivity contribution is 0.683. The molecule has 0 aliphatic heterocycles. The molecule has 0 bridgehead atoms. The number of rotatable bonds is 5. The van der Waals surface area contributed by atoms with Crippen molar-refractivity contribution in [2.45, 2.75) is 52.4 Å². The van der Waals surface area contributed by atoms with Gasteiger partial charge in [0.2, 0.25) is 0 Å². The third-order valence-corrected chi connectivity index (χ3v) is 2.67. The Morgan fingerprint density at radius 3 is 2.15 bits per heavy atom. The Balaban J connectivity index is 0.000000226. The predicted octanol–water partition coefficient (Wildman–Crippen LogP) is 3.39. The van der Waals surface area contributed by atoms with Crippen LogP contribution in [-0.4, -0.2) is 6.54 Å². The molecule has 1 aliphatic rings. The van der Waals surface area contributed by atoms with E-state index < -0.39 is 0 Å². The van der Waals surface area contributed by atoms with E-state index in [1.165, 1.54) is 32.1 Å². The highest BCUT2D eigenvalue weighted by atomic mass is 14.5. The Labute approximate surface area is 84.1 Å². The van der Waals surface area contributed by atoms with Crippen molar-refractivity contribution < 1.29 is 0 Å². The van der Waals surface area contributed by atoms with Gasteiger partial charge in [-0.2, -0.15) is 0 Å². The molecule has 2 atom stereocenters. The van der Waals surface area contributed by atoms with E-state index in [-0.39, 0.29) is 0 Å². The fourth-order valence-electron chi connectivity index (χ4n) is 1.44. The standard InChI is InChI=1S/C6H13N.C6H13/c1-5-4-6(5)2-3-7;1-3-5-6-4-2/h5-6H,2-4,7H2,1H3;1,3-6H2,2H3. The first kappa shape index (κ1) is 13.0. The monoisotopic (exact) mass is 184 g/mol. The van der Waals surface area contributed by atoms with E-state index in [0.717, 1.165) is 24.8 Å². The van der Waals surface area contributed by atoms with Crippen molar-refractivity contribution in [1.82, 2.24) is 0 Å². The molecule has 2 N–H and O–H groups in total. The molecule has 79 valence electrons. The molecule has 0 amide bonds. The average molecular weight is 184 g/mol. The Bertz CT molecular complexity index is 97.3. The summed E-state index contributed by atoms with van der Waals surface area (Å²) in [5.41, 5.74) is 5.33. The Hall–Kier alpha value is -0.0400. The van der Waals surface area contributed by atoms with Crippen molar-refractivity contribution in [1.29, 1.82) is 0 Å². The molecule has 1 rings (SSSR count). The first-order chi connectivity index (χ1) is 6.26. The minimum Gasteiger partial charge on any atom is -0.330 e. The molecule has 1 aliphatic carbocycles. The highest BCUT2D eigenvalue weighted by Gasteiger charge is 2.30. The molecule has 1 saturated carbocycles. The topological polar surface area (TPSA) is 26.0 Å². The molecule has 1 nitrogen and oxygen atoms in total. The number of hydrogen-bond acceptors (Lipinski definition) is 1. The van der Waals surface area contributed by atoms with Gasteiger partial charge in [0.1, 0.15) is 0 Å². The third-order valence-electron chi connectivity index (χ3n) is 2.67. The predicted molar refractivity (Wildman–Crippen MR) is 60.4 cm³/mol. The summed E-state index contributed by atoms with van der Waals surface area (Å²) in [6, 6.07) is 0. The van der Waals surface area contributed by atoms with Crippen LogP contribution in [0.1, 0.15) is 52.4 Å². The van der Waals surface area contributed by atoms with Gasteiger partial charge in [-0.25, -0.2) is 0 Å². The summed E-state index contributed by atoms with van der Waals surface area (Å²) in [6.45, 7) is 9.10. The summed E-state index contributed by atoms with van der Waals surface area (Å²) in [6.07, 6.45) is 7.75. The molecule has 1 radical (unpaired) electrons. The SMILES string of the molecule is CC1CC1CCN.[CH2]CCCCC. The van der Waals surface area contributed by atoms with E-state index >= 15 is 0 Å². The first-order valence-electron chi connectivity index (χ1n) is 5.75. The van der Waals surface area contributed by atoms with Crippen LogP contribution >= 0.6 is 0 Å². The smallest absolute Gasteiger partial charge is 0.00745 e. The second-order valence-electron chi connectivity index (χ2n) is 4.11. The summed E-state index contributed by atoms with van der Waals surface area (Å²) in [4.78, 5) is 0. The molecular weight excluding hydrogens is 158 g/mol. The Morgan fingerprint density at radius 2 is 2.00 bits per heavy atom. The summed E-state index contributed by atoms with van der Waals surface area (Å²) < 4.78 is 0. The van der Waals surface area contributed by atoms with Crippen LogP contribution in [0.4, 0.5) is 0 Å². The normalized spacial score (nSPS) is 24.9. The van der Waals surface area contributed by atoms with Crippen LogP contribution in [0.15, 0.2) is 0 Å². The molecule has 0 aromatic heterocycles. The van der Waals surface area contributed by atoms with Crippen LogP contribution in [0.3, 0.4) is 0 Å². The van der Waals surface area contributed by atoms with Crippen molar-refractivity contribution >= 4 is 0 Å². The van der Waals surface area contributed by atoms with Crippen molar-refractivity contribution in [3.63, 3.8) is 0 Å². The van der Waals surface area contributed by atoms with Crippen LogP contribution in [0, 0.1) is 18.8 Å². The van der Waals surface area contributed by atoms with E-state index in [1.54, 1.807) is 0 Å². The van der Waals surface area contributed by atoms with Gasteiger partial charge in [-0.3, -0.25) is 0 Å². The van der Waals surface area contributed by atoms with Crippen LogP contribution in [-0.2, 0) is 0 Å². The number of unbranched alkanes of at least 4 members (excludes halogenated alkanes) is 3. The second kappa shape index (κ2) is 8.55. The van der Waals surface area contributed by atoms with Gasteiger partial charge in [-0.1, -0.05) is 46.5 Å². The fraction of sp³-hybridized carbons (Fsp3) is 0.917. The van der Waals surface area contributed by atoms with Crippen LogP contribution < -0.4 is 5.73 Å². The molecule has 0 saturated heterocycles. The largest absolute Gasteiger partial charge is 0.330 e. The van der Waals surface area contributed by atoms with E-state index in [2.05, 4.69) is 20.8 Å². The molecule has 2 unspecified atom stereocenters. The lowest BCUT2D eigenvalue weighted by Gasteiger charge is -1.87. The minimum absolute atomic E-state index is 0.884. The third kappa shape index (κ3) is 8.29. The molecule has 0 heterocycles. The summed E-state index contributed by atoms with van der Waals surface area (Å²) in [7, 11) is 0. The van der Waals surface area contributed by atoms with E-state index in [9.17, 15) is 0 Å². The molecule has 0 aromatic carbocycles. The maximum Gasteiger partial charge on any atom is -0.00745 e. The minimum atomic E-state index is 0.884. The maximum atomic E-state index is 5.33. The summed E-state index contributed by atoms with van der Waals surface area (Å²) in [5.74, 6) is 1.98. The van der Waals surface area contributed by atoms with Gasteiger partial charge in [0.25, 0.3) is 0 Å². The fourth-order valence-corrected chi connectivity index (χ4v) is 1.44.